The number of carbonyl (C=O) groups excluding carboxylic acids is 1. The van der Waals surface area contributed by atoms with Crippen LogP contribution in [-0.2, 0) is 17.8 Å². The van der Waals surface area contributed by atoms with Gasteiger partial charge in [0, 0.05) is 25.0 Å². The lowest BCUT2D eigenvalue weighted by Crippen LogP contribution is -2.41. The van der Waals surface area contributed by atoms with E-state index < -0.39 is 0 Å². The van der Waals surface area contributed by atoms with Crippen LogP contribution >= 0.6 is 0 Å². The van der Waals surface area contributed by atoms with Gasteiger partial charge in [0.15, 0.2) is 0 Å². The van der Waals surface area contributed by atoms with Crippen LogP contribution in [0, 0.1) is 0 Å². The average Bonchev–Trinajstić information content (AvgIpc) is 2.55. The Labute approximate surface area is 124 Å². The summed E-state index contributed by atoms with van der Waals surface area (Å²) in [6, 6.07) is 14.0. The minimum absolute atomic E-state index is 0.123. The molecule has 0 saturated carbocycles. The third-order valence-electron chi connectivity index (χ3n) is 3.72. The monoisotopic (exact) mass is 281 g/mol. The molecular formula is C17H19N3O. The number of fused-ring (bicyclic) bond motifs is 1. The Morgan fingerprint density at radius 1 is 1.19 bits per heavy atom. The van der Waals surface area contributed by atoms with Crippen molar-refractivity contribution in [3.63, 3.8) is 0 Å². The fourth-order valence-electron chi connectivity index (χ4n) is 2.69. The maximum Gasteiger partial charge on any atom is 0.240 e. The molecular weight excluding hydrogens is 262 g/mol. The first kappa shape index (κ1) is 13.8. The van der Waals surface area contributed by atoms with E-state index in [0.717, 1.165) is 30.8 Å². The van der Waals surface area contributed by atoms with E-state index in [2.05, 4.69) is 16.4 Å². The second kappa shape index (κ2) is 6.50. The number of aryl methyl sites for hydroxylation is 1. The van der Waals surface area contributed by atoms with Gasteiger partial charge in [-0.15, -0.1) is 0 Å². The molecule has 1 amide bonds. The summed E-state index contributed by atoms with van der Waals surface area (Å²) >= 11 is 0. The largest absolute Gasteiger partial charge is 0.311 e. The van der Waals surface area contributed by atoms with Gasteiger partial charge in [0.2, 0.25) is 5.91 Å². The Bertz CT molecular complexity index is 612. The summed E-state index contributed by atoms with van der Waals surface area (Å²) in [6.07, 6.45) is 3.85. The number of benzene rings is 1. The molecule has 0 spiro atoms. The van der Waals surface area contributed by atoms with E-state index in [4.69, 9.17) is 0 Å². The molecule has 0 aliphatic carbocycles. The van der Waals surface area contributed by atoms with Crippen LogP contribution < -0.4 is 10.2 Å². The molecule has 4 heteroatoms. The maximum absolute atomic E-state index is 12.4. The van der Waals surface area contributed by atoms with Crippen LogP contribution in [0.5, 0.6) is 0 Å². The number of para-hydroxylation sites is 1. The third kappa shape index (κ3) is 3.28. The predicted octanol–water partition coefficient (Wildman–Crippen LogP) is 2.15. The highest BCUT2D eigenvalue weighted by Crippen LogP contribution is 2.26. The standard InChI is InChI=1S/C17H19N3O/c21-17(13-18-12-15-8-3-4-10-19-15)20-11-5-7-14-6-1-2-9-16(14)20/h1-4,6,8-10,18H,5,7,11-13H2. The summed E-state index contributed by atoms with van der Waals surface area (Å²) in [5.41, 5.74) is 3.28. The lowest BCUT2D eigenvalue weighted by Gasteiger charge is -2.29. The Balaban J connectivity index is 1.59. The highest BCUT2D eigenvalue weighted by atomic mass is 16.2. The molecule has 1 N–H and O–H groups in total. The van der Waals surface area contributed by atoms with Crippen molar-refractivity contribution in [2.24, 2.45) is 0 Å². The van der Waals surface area contributed by atoms with Gasteiger partial charge in [0.05, 0.1) is 12.2 Å². The molecule has 4 nitrogen and oxygen atoms in total. The van der Waals surface area contributed by atoms with E-state index in [9.17, 15) is 4.79 Å². The zero-order valence-corrected chi connectivity index (χ0v) is 12.0. The summed E-state index contributed by atoms with van der Waals surface area (Å²) in [4.78, 5) is 18.5. The fraction of sp³-hybridized carbons (Fsp3) is 0.294. The van der Waals surface area contributed by atoms with Crippen molar-refractivity contribution in [2.75, 3.05) is 18.0 Å². The van der Waals surface area contributed by atoms with Crippen LogP contribution in [0.4, 0.5) is 5.69 Å². The number of hydrogen-bond acceptors (Lipinski definition) is 3. The first-order valence-electron chi connectivity index (χ1n) is 7.33. The molecule has 1 aromatic carbocycles. The highest BCUT2D eigenvalue weighted by molar-refractivity contribution is 5.95. The van der Waals surface area contributed by atoms with Crippen molar-refractivity contribution in [3.8, 4) is 0 Å². The molecule has 3 rings (SSSR count). The number of pyridine rings is 1. The Morgan fingerprint density at radius 3 is 2.90 bits per heavy atom. The molecule has 0 atom stereocenters. The van der Waals surface area contributed by atoms with E-state index in [1.54, 1.807) is 6.20 Å². The zero-order valence-electron chi connectivity index (χ0n) is 12.0. The first-order chi connectivity index (χ1) is 10.3. The molecule has 2 aromatic rings. The van der Waals surface area contributed by atoms with Gasteiger partial charge in [-0.05, 0) is 36.6 Å². The number of carbonyl (C=O) groups is 1. The molecule has 0 radical (unpaired) electrons. The summed E-state index contributed by atoms with van der Waals surface area (Å²) < 4.78 is 0. The fourth-order valence-corrected chi connectivity index (χ4v) is 2.69. The van der Waals surface area contributed by atoms with Gasteiger partial charge in [-0.1, -0.05) is 24.3 Å². The Morgan fingerprint density at radius 2 is 2.05 bits per heavy atom. The van der Waals surface area contributed by atoms with Crippen LogP contribution in [-0.4, -0.2) is 24.0 Å². The van der Waals surface area contributed by atoms with E-state index in [1.165, 1.54) is 5.56 Å². The summed E-state index contributed by atoms with van der Waals surface area (Å²) in [5.74, 6) is 0.123. The van der Waals surface area contributed by atoms with Crippen LogP contribution in [0.3, 0.4) is 0 Å². The van der Waals surface area contributed by atoms with Gasteiger partial charge in [0.1, 0.15) is 0 Å². The van der Waals surface area contributed by atoms with E-state index >= 15 is 0 Å². The molecule has 21 heavy (non-hydrogen) atoms. The van der Waals surface area contributed by atoms with Crippen LogP contribution in [0.15, 0.2) is 48.7 Å². The van der Waals surface area contributed by atoms with Crippen LogP contribution in [0.1, 0.15) is 17.7 Å². The number of anilines is 1. The minimum Gasteiger partial charge on any atom is -0.311 e. The quantitative estimate of drug-likeness (QED) is 0.934. The first-order valence-corrected chi connectivity index (χ1v) is 7.33. The number of rotatable bonds is 4. The third-order valence-corrected chi connectivity index (χ3v) is 3.72. The van der Waals surface area contributed by atoms with Crippen LogP contribution in [0.25, 0.3) is 0 Å². The van der Waals surface area contributed by atoms with E-state index in [1.807, 2.05) is 41.3 Å². The van der Waals surface area contributed by atoms with Crippen molar-refractivity contribution in [3.05, 3.63) is 59.9 Å². The lowest BCUT2D eigenvalue weighted by atomic mass is 10.0. The molecule has 2 heterocycles. The lowest BCUT2D eigenvalue weighted by molar-refractivity contribution is -0.117. The second-order valence-corrected chi connectivity index (χ2v) is 5.20. The van der Waals surface area contributed by atoms with Gasteiger partial charge >= 0.3 is 0 Å². The van der Waals surface area contributed by atoms with Gasteiger partial charge in [-0.2, -0.15) is 0 Å². The predicted molar refractivity (Wildman–Crippen MR) is 83.1 cm³/mol. The van der Waals surface area contributed by atoms with Gasteiger partial charge in [-0.3, -0.25) is 9.78 Å². The smallest absolute Gasteiger partial charge is 0.240 e. The molecule has 0 unspecified atom stereocenters. The molecule has 0 bridgehead atoms. The molecule has 0 saturated heterocycles. The second-order valence-electron chi connectivity index (χ2n) is 5.20. The topological polar surface area (TPSA) is 45.2 Å². The maximum atomic E-state index is 12.4. The Hall–Kier alpha value is -2.20. The molecule has 1 aliphatic heterocycles. The van der Waals surface area contributed by atoms with Crippen molar-refractivity contribution in [2.45, 2.75) is 19.4 Å². The summed E-state index contributed by atoms with van der Waals surface area (Å²) in [7, 11) is 0. The van der Waals surface area contributed by atoms with Crippen molar-refractivity contribution >= 4 is 11.6 Å². The number of nitrogens with one attached hydrogen (secondary N) is 1. The summed E-state index contributed by atoms with van der Waals surface area (Å²) in [5, 5.41) is 3.18. The van der Waals surface area contributed by atoms with Gasteiger partial charge < -0.3 is 10.2 Å². The number of aromatic nitrogens is 1. The number of nitrogens with zero attached hydrogens (tertiary/aromatic N) is 2. The van der Waals surface area contributed by atoms with Crippen molar-refractivity contribution < 1.29 is 4.79 Å². The van der Waals surface area contributed by atoms with Gasteiger partial charge in [0.25, 0.3) is 0 Å². The Kier molecular flexibility index (Phi) is 4.26. The average molecular weight is 281 g/mol. The van der Waals surface area contributed by atoms with Crippen molar-refractivity contribution in [1.82, 2.24) is 10.3 Å². The van der Waals surface area contributed by atoms with Crippen LogP contribution in [0.2, 0.25) is 0 Å². The number of amides is 1. The van der Waals surface area contributed by atoms with Gasteiger partial charge in [-0.25, -0.2) is 0 Å². The molecule has 0 fully saturated rings. The van der Waals surface area contributed by atoms with E-state index in [-0.39, 0.29) is 5.91 Å². The SMILES string of the molecule is O=C(CNCc1ccccn1)N1CCCc2ccccc21. The normalized spacial score (nSPS) is 13.8. The zero-order chi connectivity index (χ0) is 14.5. The molecule has 108 valence electrons. The summed E-state index contributed by atoms with van der Waals surface area (Å²) in [6.45, 7) is 1.76. The van der Waals surface area contributed by atoms with E-state index in [0.29, 0.717) is 13.1 Å². The minimum atomic E-state index is 0.123. The molecule has 1 aromatic heterocycles. The molecule has 1 aliphatic rings. The number of hydrogen-bond donors (Lipinski definition) is 1. The highest BCUT2D eigenvalue weighted by Gasteiger charge is 2.21. The van der Waals surface area contributed by atoms with Crippen molar-refractivity contribution in [1.29, 1.82) is 0 Å².